The molecule has 1 nitrogen and oxygen atoms in total. The van der Waals surface area contributed by atoms with Gasteiger partial charge < -0.3 is 5.73 Å². The largest absolute Gasteiger partial charge is 0.327 e. The van der Waals surface area contributed by atoms with Gasteiger partial charge in [-0.15, -0.1) is 11.3 Å². The van der Waals surface area contributed by atoms with Crippen LogP contribution in [-0.4, -0.2) is 17.5 Å². The van der Waals surface area contributed by atoms with Gasteiger partial charge in [0.2, 0.25) is 0 Å². The summed E-state index contributed by atoms with van der Waals surface area (Å²) in [7, 11) is 0. The molecule has 4 heteroatoms. The SMILES string of the molecule is CCSCC(N)Cc1sccc1Br. The first-order valence-electron chi connectivity index (χ1n) is 4.29. The van der Waals surface area contributed by atoms with Gasteiger partial charge in [0, 0.05) is 21.1 Å². The Labute approximate surface area is 96.2 Å². The third-order valence-corrected chi connectivity index (χ3v) is 4.70. The summed E-state index contributed by atoms with van der Waals surface area (Å²) in [4.78, 5) is 1.37. The van der Waals surface area contributed by atoms with E-state index in [4.69, 9.17) is 5.73 Å². The first-order chi connectivity index (χ1) is 6.24. The van der Waals surface area contributed by atoms with Crippen LogP contribution in [0.5, 0.6) is 0 Å². The van der Waals surface area contributed by atoms with Crippen molar-refractivity contribution in [3.63, 3.8) is 0 Å². The van der Waals surface area contributed by atoms with Gasteiger partial charge in [-0.2, -0.15) is 11.8 Å². The lowest BCUT2D eigenvalue weighted by Gasteiger charge is -2.09. The smallest absolute Gasteiger partial charge is 0.0314 e. The average Bonchev–Trinajstić information content (AvgIpc) is 2.48. The molecule has 0 amide bonds. The summed E-state index contributed by atoms with van der Waals surface area (Å²) in [6.07, 6.45) is 0.991. The quantitative estimate of drug-likeness (QED) is 0.896. The highest BCUT2D eigenvalue weighted by atomic mass is 79.9. The van der Waals surface area contributed by atoms with Crippen LogP contribution in [0.3, 0.4) is 0 Å². The van der Waals surface area contributed by atoms with Crippen molar-refractivity contribution >= 4 is 39.0 Å². The maximum absolute atomic E-state index is 5.98. The van der Waals surface area contributed by atoms with E-state index in [0.717, 1.165) is 17.9 Å². The van der Waals surface area contributed by atoms with E-state index >= 15 is 0 Å². The lowest BCUT2D eigenvalue weighted by atomic mass is 10.2. The molecule has 0 aliphatic carbocycles. The standard InChI is InChI=1S/C9H14BrNS2/c1-2-12-6-7(11)5-9-8(10)3-4-13-9/h3-4,7H,2,5-6,11H2,1H3. The zero-order valence-corrected chi connectivity index (χ0v) is 10.8. The summed E-state index contributed by atoms with van der Waals surface area (Å²) in [6, 6.07) is 2.37. The lowest BCUT2D eigenvalue weighted by molar-refractivity contribution is 0.756. The van der Waals surface area contributed by atoms with Gasteiger partial charge in [-0.25, -0.2) is 0 Å². The third kappa shape index (κ3) is 4.02. The van der Waals surface area contributed by atoms with Crippen LogP contribution in [0, 0.1) is 0 Å². The molecule has 1 heterocycles. The molecule has 2 N–H and O–H groups in total. The summed E-state index contributed by atoms with van der Waals surface area (Å²) in [5.74, 6) is 2.21. The highest BCUT2D eigenvalue weighted by Crippen LogP contribution is 2.24. The van der Waals surface area contributed by atoms with Crippen LogP contribution in [-0.2, 0) is 6.42 Å². The van der Waals surface area contributed by atoms with Crippen molar-refractivity contribution < 1.29 is 0 Å². The van der Waals surface area contributed by atoms with Crippen molar-refractivity contribution in [3.8, 4) is 0 Å². The van der Waals surface area contributed by atoms with Crippen molar-refractivity contribution in [1.29, 1.82) is 0 Å². The molecule has 0 fully saturated rings. The molecule has 74 valence electrons. The number of rotatable bonds is 5. The van der Waals surface area contributed by atoms with Crippen LogP contribution in [0.1, 0.15) is 11.8 Å². The summed E-state index contributed by atoms with van der Waals surface area (Å²) >= 11 is 7.19. The van der Waals surface area contributed by atoms with Crippen LogP contribution in [0.4, 0.5) is 0 Å². The second kappa shape index (κ2) is 6.06. The fraction of sp³-hybridized carbons (Fsp3) is 0.556. The van der Waals surface area contributed by atoms with Crippen molar-refractivity contribution in [1.82, 2.24) is 0 Å². The molecule has 1 aromatic heterocycles. The maximum Gasteiger partial charge on any atom is 0.0314 e. The molecule has 0 aliphatic rings. The predicted molar refractivity (Wildman–Crippen MR) is 66.7 cm³/mol. The van der Waals surface area contributed by atoms with Crippen LogP contribution < -0.4 is 5.73 Å². The molecular formula is C9H14BrNS2. The Balaban J connectivity index is 2.36. The summed E-state index contributed by atoms with van der Waals surface area (Å²) in [6.45, 7) is 2.17. The van der Waals surface area contributed by atoms with E-state index in [1.807, 2.05) is 11.8 Å². The average molecular weight is 280 g/mol. The summed E-state index contributed by atoms with van der Waals surface area (Å²) in [5.41, 5.74) is 5.98. The molecule has 0 bridgehead atoms. The second-order valence-electron chi connectivity index (χ2n) is 2.82. The number of hydrogen-bond acceptors (Lipinski definition) is 3. The second-order valence-corrected chi connectivity index (χ2v) is 5.99. The molecule has 1 aromatic rings. The van der Waals surface area contributed by atoms with Gasteiger partial charge in [-0.05, 0) is 39.6 Å². The minimum absolute atomic E-state index is 0.292. The maximum atomic E-state index is 5.98. The highest BCUT2D eigenvalue weighted by molar-refractivity contribution is 9.10. The molecule has 0 saturated heterocycles. The van der Waals surface area contributed by atoms with E-state index in [-0.39, 0.29) is 0 Å². The first kappa shape index (κ1) is 11.6. The predicted octanol–water partition coefficient (Wildman–Crippen LogP) is 3.13. The third-order valence-electron chi connectivity index (χ3n) is 1.67. The number of nitrogens with two attached hydrogens (primary N) is 1. The molecule has 1 rings (SSSR count). The first-order valence-corrected chi connectivity index (χ1v) is 7.12. The monoisotopic (exact) mass is 279 g/mol. The Morgan fingerprint density at radius 3 is 3.00 bits per heavy atom. The van der Waals surface area contributed by atoms with Crippen LogP contribution in [0.2, 0.25) is 0 Å². The molecule has 0 aromatic carbocycles. The molecule has 1 unspecified atom stereocenters. The molecule has 1 atom stereocenters. The van der Waals surface area contributed by atoms with Crippen molar-refractivity contribution in [3.05, 3.63) is 20.8 Å². The Hall–Kier alpha value is 0.490. The minimum Gasteiger partial charge on any atom is -0.327 e. The van der Waals surface area contributed by atoms with E-state index in [0.29, 0.717) is 6.04 Å². The van der Waals surface area contributed by atoms with Crippen LogP contribution in [0.15, 0.2) is 15.9 Å². The normalized spacial score (nSPS) is 13.2. The van der Waals surface area contributed by atoms with Gasteiger partial charge in [-0.1, -0.05) is 6.92 Å². The zero-order chi connectivity index (χ0) is 9.68. The fourth-order valence-electron chi connectivity index (χ4n) is 1.04. The molecular weight excluding hydrogens is 266 g/mol. The van der Waals surface area contributed by atoms with E-state index < -0.39 is 0 Å². The van der Waals surface area contributed by atoms with Crippen molar-refractivity contribution in [2.24, 2.45) is 5.73 Å². The molecule has 0 radical (unpaired) electrons. The molecule has 0 spiro atoms. The Morgan fingerprint density at radius 2 is 2.46 bits per heavy atom. The van der Waals surface area contributed by atoms with E-state index in [2.05, 4.69) is 34.3 Å². The zero-order valence-electron chi connectivity index (χ0n) is 7.63. The number of hydrogen-bond donors (Lipinski definition) is 1. The Kier molecular flexibility index (Phi) is 5.39. The van der Waals surface area contributed by atoms with E-state index in [9.17, 15) is 0 Å². The topological polar surface area (TPSA) is 26.0 Å². The molecule has 13 heavy (non-hydrogen) atoms. The van der Waals surface area contributed by atoms with Crippen molar-refractivity contribution in [2.45, 2.75) is 19.4 Å². The van der Waals surface area contributed by atoms with Gasteiger partial charge >= 0.3 is 0 Å². The lowest BCUT2D eigenvalue weighted by Crippen LogP contribution is -2.25. The van der Waals surface area contributed by atoms with Gasteiger partial charge in [0.1, 0.15) is 0 Å². The van der Waals surface area contributed by atoms with Gasteiger partial charge in [0.15, 0.2) is 0 Å². The van der Waals surface area contributed by atoms with Crippen molar-refractivity contribution in [2.75, 3.05) is 11.5 Å². The molecule has 0 aliphatic heterocycles. The van der Waals surface area contributed by atoms with E-state index in [1.165, 1.54) is 9.35 Å². The number of thioether (sulfide) groups is 1. The highest BCUT2D eigenvalue weighted by Gasteiger charge is 2.07. The van der Waals surface area contributed by atoms with Gasteiger partial charge in [-0.3, -0.25) is 0 Å². The van der Waals surface area contributed by atoms with E-state index in [1.54, 1.807) is 11.3 Å². The van der Waals surface area contributed by atoms with Crippen LogP contribution in [0.25, 0.3) is 0 Å². The van der Waals surface area contributed by atoms with Crippen LogP contribution >= 0.6 is 39.0 Å². The summed E-state index contributed by atoms with van der Waals surface area (Å²) < 4.78 is 1.20. The Morgan fingerprint density at radius 1 is 1.69 bits per heavy atom. The fourth-order valence-corrected chi connectivity index (χ4v) is 3.30. The Bertz CT molecular complexity index is 250. The number of thiophene rings is 1. The van der Waals surface area contributed by atoms with Gasteiger partial charge in [0.25, 0.3) is 0 Å². The minimum atomic E-state index is 0.292. The van der Waals surface area contributed by atoms with Gasteiger partial charge in [0.05, 0.1) is 0 Å². The summed E-state index contributed by atoms with van der Waals surface area (Å²) in [5, 5.41) is 2.10. The number of halogens is 1. The molecule has 0 saturated carbocycles.